The first-order valence-corrected chi connectivity index (χ1v) is 5.55. The van der Waals surface area contributed by atoms with Crippen LogP contribution in [0, 0.1) is 21.7 Å². The lowest BCUT2D eigenvalue weighted by molar-refractivity contribution is -0.384. The number of nitro benzene ring substituents is 1. The van der Waals surface area contributed by atoms with Gasteiger partial charge in [-0.05, 0) is 12.5 Å². The largest absolute Gasteiger partial charge is 0.365 e. The zero-order valence-electron chi connectivity index (χ0n) is 10.0. The van der Waals surface area contributed by atoms with Crippen molar-refractivity contribution in [1.29, 1.82) is 0 Å². The van der Waals surface area contributed by atoms with Gasteiger partial charge < -0.3 is 10.2 Å². The molecule has 1 heterocycles. The molecule has 1 unspecified atom stereocenters. The molecule has 8 heteroatoms. The average molecular weight is 271 g/mol. The minimum absolute atomic E-state index is 0.307. The highest BCUT2D eigenvalue weighted by Crippen LogP contribution is 2.30. The van der Waals surface area contributed by atoms with E-state index in [1.54, 1.807) is 7.05 Å². The molecule has 0 aliphatic carbocycles. The number of hydrogen-bond acceptors (Lipinski definition) is 4. The van der Waals surface area contributed by atoms with Gasteiger partial charge in [-0.2, -0.15) is 0 Å². The van der Waals surface area contributed by atoms with Crippen molar-refractivity contribution in [3.63, 3.8) is 0 Å². The molecule has 1 aliphatic rings. The Balaban J connectivity index is 2.36. The highest BCUT2D eigenvalue weighted by molar-refractivity contribution is 5.87. The highest BCUT2D eigenvalue weighted by atomic mass is 19.2. The van der Waals surface area contributed by atoms with Crippen LogP contribution in [0.15, 0.2) is 12.1 Å². The lowest BCUT2D eigenvalue weighted by Gasteiger charge is -2.14. The Morgan fingerprint density at radius 2 is 2.16 bits per heavy atom. The number of nitrogens with zero attached hydrogens (tertiary/aromatic N) is 2. The van der Waals surface area contributed by atoms with Crippen molar-refractivity contribution < 1.29 is 18.5 Å². The number of benzene rings is 1. The molecule has 1 saturated heterocycles. The maximum atomic E-state index is 13.6. The van der Waals surface area contributed by atoms with Crippen LogP contribution in [-0.2, 0) is 4.79 Å². The Morgan fingerprint density at radius 1 is 1.47 bits per heavy atom. The van der Waals surface area contributed by atoms with E-state index in [0.29, 0.717) is 19.0 Å². The number of nitrogens with one attached hydrogen (secondary N) is 1. The summed E-state index contributed by atoms with van der Waals surface area (Å²) in [5.74, 6) is -2.86. The van der Waals surface area contributed by atoms with Crippen molar-refractivity contribution in [2.45, 2.75) is 12.5 Å². The number of nitro groups is 1. The lowest BCUT2D eigenvalue weighted by Crippen LogP contribution is -2.31. The summed E-state index contributed by atoms with van der Waals surface area (Å²) in [5, 5.41) is 13.2. The Bertz CT molecular complexity index is 550. The second-order valence-electron chi connectivity index (χ2n) is 4.26. The van der Waals surface area contributed by atoms with Crippen molar-refractivity contribution >= 4 is 17.3 Å². The van der Waals surface area contributed by atoms with E-state index in [1.807, 2.05) is 0 Å². The Morgan fingerprint density at radius 3 is 2.68 bits per heavy atom. The molecule has 1 amide bonds. The van der Waals surface area contributed by atoms with E-state index in [9.17, 15) is 23.7 Å². The van der Waals surface area contributed by atoms with E-state index in [4.69, 9.17) is 0 Å². The Kier molecular flexibility index (Phi) is 3.32. The summed E-state index contributed by atoms with van der Waals surface area (Å²) in [6.07, 6.45) is 0.377. The number of rotatable bonds is 3. The molecule has 0 bridgehead atoms. The van der Waals surface area contributed by atoms with Crippen molar-refractivity contribution in [3.05, 3.63) is 33.9 Å². The van der Waals surface area contributed by atoms with Crippen molar-refractivity contribution in [2.24, 2.45) is 0 Å². The van der Waals surface area contributed by atoms with Crippen LogP contribution in [0.2, 0.25) is 0 Å². The van der Waals surface area contributed by atoms with Crippen molar-refractivity contribution in [3.8, 4) is 0 Å². The minimum atomic E-state index is -1.35. The number of carbonyl (C=O) groups is 1. The third-order valence-electron chi connectivity index (χ3n) is 3.02. The molecule has 0 spiro atoms. The fourth-order valence-electron chi connectivity index (χ4n) is 1.96. The average Bonchev–Trinajstić information content (AvgIpc) is 2.66. The number of anilines is 1. The predicted octanol–water partition coefficient (Wildman–Crippen LogP) is 1.52. The second kappa shape index (κ2) is 4.79. The van der Waals surface area contributed by atoms with Gasteiger partial charge in [-0.3, -0.25) is 14.9 Å². The topological polar surface area (TPSA) is 75.5 Å². The maximum Gasteiger partial charge on any atom is 0.295 e. The first kappa shape index (κ1) is 13.2. The minimum Gasteiger partial charge on any atom is -0.365 e. The van der Waals surface area contributed by atoms with E-state index < -0.39 is 34.0 Å². The van der Waals surface area contributed by atoms with Gasteiger partial charge in [-0.1, -0.05) is 0 Å². The van der Waals surface area contributed by atoms with Crippen LogP contribution in [0.3, 0.4) is 0 Å². The van der Waals surface area contributed by atoms with Gasteiger partial charge in [0.2, 0.25) is 5.91 Å². The van der Waals surface area contributed by atoms with Gasteiger partial charge in [0.25, 0.3) is 5.69 Å². The van der Waals surface area contributed by atoms with Crippen molar-refractivity contribution in [2.75, 3.05) is 18.9 Å². The number of likely N-dealkylation sites (tertiary alicyclic amines) is 1. The first-order valence-electron chi connectivity index (χ1n) is 5.55. The van der Waals surface area contributed by atoms with Gasteiger partial charge >= 0.3 is 0 Å². The maximum absolute atomic E-state index is 13.6. The molecule has 19 heavy (non-hydrogen) atoms. The van der Waals surface area contributed by atoms with Gasteiger partial charge in [0, 0.05) is 19.7 Å². The molecule has 102 valence electrons. The predicted molar refractivity (Wildman–Crippen MR) is 62.7 cm³/mol. The standard InChI is InChI=1S/C11H11F2N3O3/c1-15-5-4-7(11(15)17)14-10-8(16(18)19)3-2-6(12)9(10)13/h2-3,7,14H,4-5H2,1H3. The summed E-state index contributed by atoms with van der Waals surface area (Å²) < 4.78 is 26.8. The van der Waals surface area contributed by atoms with Crippen LogP contribution < -0.4 is 5.32 Å². The summed E-state index contributed by atoms with van der Waals surface area (Å²) in [7, 11) is 1.57. The number of amides is 1. The molecule has 2 rings (SSSR count). The summed E-state index contributed by atoms with van der Waals surface area (Å²) in [5.41, 5.74) is -1.18. The Hall–Kier alpha value is -2.25. The Labute approximate surface area is 107 Å². The molecule has 1 aromatic rings. The van der Waals surface area contributed by atoms with Crippen molar-refractivity contribution in [1.82, 2.24) is 4.90 Å². The molecule has 1 aromatic carbocycles. The fraction of sp³-hybridized carbons (Fsp3) is 0.364. The van der Waals surface area contributed by atoms with E-state index in [-0.39, 0.29) is 5.91 Å². The monoisotopic (exact) mass is 271 g/mol. The summed E-state index contributed by atoms with van der Waals surface area (Å²) >= 11 is 0. The lowest BCUT2D eigenvalue weighted by atomic mass is 10.2. The molecule has 1 aliphatic heterocycles. The van der Waals surface area contributed by atoms with Gasteiger partial charge in [-0.15, -0.1) is 0 Å². The van der Waals surface area contributed by atoms with Gasteiger partial charge in [0.05, 0.1) is 4.92 Å². The zero-order chi connectivity index (χ0) is 14.2. The molecule has 0 aromatic heterocycles. The fourth-order valence-corrected chi connectivity index (χ4v) is 1.96. The zero-order valence-corrected chi connectivity index (χ0v) is 10.0. The van der Waals surface area contributed by atoms with Crippen LogP contribution in [0.25, 0.3) is 0 Å². The summed E-state index contributed by atoms with van der Waals surface area (Å²) in [4.78, 5) is 23.0. The number of likely N-dealkylation sites (N-methyl/N-ethyl adjacent to an activating group) is 1. The van der Waals surface area contributed by atoms with E-state index >= 15 is 0 Å². The van der Waals surface area contributed by atoms with Crippen LogP contribution in [0.1, 0.15) is 6.42 Å². The molecule has 0 radical (unpaired) electrons. The van der Waals surface area contributed by atoms with Gasteiger partial charge in [-0.25, -0.2) is 8.78 Å². The molecule has 1 fully saturated rings. The highest BCUT2D eigenvalue weighted by Gasteiger charge is 2.32. The molecule has 1 N–H and O–H groups in total. The third kappa shape index (κ3) is 2.33. The first-order chi connectivity index (χ1) is 8.91. The van der Waals surface area contributed by atoms with E-state index in [0.717, 1.165) is 6.07 Å². The van der Waals surface area contributed by atoms with Crippen LogP contribution in [0.4, 0.5) is 20.2 Å². The molecule has 6 nitrogen and oxygen atoms in total. The molecule has 1 atom stereocenters. The quantitative estimate of drug-likeness (QED) is 0.668. The van der Waals surface area contributed by atoms with Gasteiger partial charge in [0.1, 0.15) is 6.04 Å². The van der Waals surface area contributed by atoms with Gasteiger partial charge in [0.15, 0.2) is 17.3 Å². The molecular weight excluding hydrogens is 260 g/mol. The van der Waals surface area contributed by atoms with Crippen LogP contribution in [0.5, 0.6) is 0 Å². The second-order valence-corrected chi connectivity index (χ2v) is 4.26. The normalized spacial score (nSPS) is 18.8. The summed E-state index contributed by atoms with van der Waals surface area (Å²) in [6.45, 7) is 0.460. The summed E-state index contributed by atoms with van der Waals surface area (Å²) in [6, 6.07) is 0.769. The van der Waals surface area contributed by atoms with E-state index in [2.05, 4.69) is 5.32 Å². The number of carbonyl (C=O) groups excluding carboxylic acids is 1. The number of halogens is 2. The molecule has 0 saturated carbocycles. The van der Waals surface area contributed by atoms with Crippen LogP contribution >= 0.6 is 0 Å². The molecular formula is C11H11F2N3O3. The van der Waals surface area contributed by atoms with E-state index in [1.165, 1.54) is 4.90 Å². The number of hydrogen-bond donors (Lipinski definition) is 1. The third-order valence-corrected chi connectivity index (χ3v) is 3.02. The van der Waals surface area contributed by atoms with Crippen LogP contribution in [-0.4, -0.2) is 35.4 Å². The SMILES string of the molecule is CN1CCC(Nc2c([N+](=O)[O-])ccc(F)c2F)C1=O. The smallest absolute Gasteiger partial charge is 0.295 e.